The number of esters is 2. The van der Waals surface area contributed by atoms with Crippen LogP contribution in [0.1, 0.15) is 149 Å². The number of aliphatic hydroxyl groups is 7. The molecule has 2 bridgehead atoms. The van der Waals surface area contributed by atoms with Crippen LogP contribution in [0.25, 0.3) is 0 Å². The van der Waals surface area contributed by atoms with Crippen LogP contribution in [0.2, 0.25) is 0 Å². The minimum absolute atomic E-state index is 0.0382. The predicted molar refractivity (Wildman–Crippen MR) is 252 cm³/mol. The summed E-state index contributed by atoms with van der Waals surface area (Å²) in [6.07, 6.45) is 7.07. The molecule has 0 radical (unpaired) electrons. The highest BCUT2D eigenvalue weighted by molar-refractivity contribution is 7.47. The minimum atomic E-state index is -5.76. The molecule has 394 valence electrons. The van der Waals surface area contributed by atoms with E-state index in [1.54, 1.807) is 0 Å². The van der Waals surface area contributed by atoms with E-state index in [0.717, 1.165) is 76.7 Å². The van der Waals surface area contributed by atoms with E-state index < -0.39 is 127 Å². The van der Waals surface area contributed by atoms with Gasteiger partial charge in [-0.3, -0.25) is 23.2 Å². The maximum absolute atomic E-state index is 13.6. The van der Waals surface area contributed by atoms with Gasteiger partial charge in [0, 0.05) is 24.7 Å². The van der Waals surface area contributed by atoms with Crippen molar-refractivity contribution in [3.05, 3.63) is 48.6 Å². The molecule has 1 fully saturated rings. The third kappa shape index (κ3) is 25.8. The van der Waals surface area contributed by atoms with Gasteiger partial charge in [0.15, 0.2) is 6.10 Å². The van der Waals surface area contributed by atoms with Gasteiger partial charge in [-0.15, -0.1) is 0 Å². The Labute approximate surface area is 402 Å². The molecule has 1 unspecified atom stereocenters. The first-order valence-corrected chi connectivity index (χ1v) is 27.5. The highest BCUT2D eigenvalue weighted by Gasteiger charge is 2.51. The van der Waals surface area contributed by atoms with E-state index in [1.807, 2.05) is 6.92 Å². The number of ether oxygens (including phenoxy) is 2. The van der Waals surface area contributed by atoms with Gasteiger partial charge in [-0.05, 0) is 51.4 Å². The van der Waals surface area contributed by atoms with Crippen molar-refractivity contribution in [1.29, 1.82) is 0 Å². The monoisotopic (exact) mass is 1010 g/mol. The van der Waals surface area contributed by atoms with Gasteiger partial charge in [0.25, 0.3) is 0 Å². The number of aliphatic hydroxyl groups excluding tert-OH is 7. The quantitative estimate of drug-likeness (QED) is 0.0216. The molecule has 0 spiro atoms. The second-order valence-corrected chi connectivity index (χ2v) is 20.4. The molecule has 0 aromatic heterocycles. The topological polar surface area (TPSA) is 317 Å². The Balaban J connectivity index is 2.21. The lowest BCUT2D eigenvalue weighted by Gasteiger charge is -2.38. The van der Waals surface area contributed by atoms with Crippen LogP contribution >= 0.6 is 15.6 Å². The maximum atomic E-state index is 13.6. The predicted octanol–water partition coefficient (Wildman–Crippen LogP) is 5.66. The summed E-state index contributed by atoms with van der Waals surface area (Å²) in [6.45, 7) is 2.52. The Morgan fingerprint density at radius 3 is 2.09 bits per heavy atom. The number of carbonyl (C=O) groups is 2. The Morgan fingerprint density at radius 2 is 1.44 bits per heavy atom. The van der Waals surface area contributed by atoms with Gasteiger partial charge < -0.3 is 59.9 Å². The normalized spacial score (nSPS) is 31.6. The van der Waals surface area contributed by atoms with E-state index >= 15 is 0 Å². The lowest BCUT2D eigenvalue weighted by Crippen LogP contribution is -2.56. The fraction of sp³-hybridized carbons (Fsp3) is 0.787. The molecule has 19 nitrogen and oxygen atoms in total. The Hall–Kier alpha value is -2.16. The van der Waals surface area contributed by atoms with Crippen molar-refractivity contribution in [3.63, 3.8) is 0 Å². The number of fused-ring (bicyclic) bond motifs is 4. The van der Waals surface area contributed by atoms with E-state index in [1.165, 1.54) is 37.5 Å². The summed E-state index contributed by atoms with van der Waals surface area (Å²) in [5, 5.41) is 79.2. The minimum Gasteiger partial charge on any atom is -0.462 e. The first kappa shape index (κ1) is 62.0. The molecule has 68 heavy (non-hydrogen) atoms. The van der Waals surface area contributed by atoms with Gasteiger partial charge in [0.1, 0.15) is 31.0 Å². The fourth-order valence-electron chi connectivity index (χ4n) is 8.03. The maximum Gasteiger partial charge on any atom is 0.472 e. The Bertz CT molecular complexity index is 1620. The van der Waals surface area contributed by atoms with Crippen molar-refractivity contribution in [3.8, 4) is 0 Å². The van der Waals surface area contributed by atoms with E-state index in [4.69, 9.17) is 23.0 Å². The summed E-state index contributed by atoms with van der Waals surface area (Å²) in [5.74, 6) is -4.74. The van der Waals surface area contributed by atoms with Gasteiger partial charge in [0.05, 0.1) is 43.5 Å². The second kappa shape index (κ2) is 34.2. The van der Waals surface area contributed by atoms with E-state index in [2.05, 4.69) is 31.2 Å². The smallest absolute Gasteiger partial charge is 0.462 e. The summed E-state index contributed by atoms with van der Waals surface area (Å²) in [4.78, 5) is 56.5. The molecule has 21 heteroatoms. The molecular formula is C47H82O19P2. The Kier molecular flexibility index (Phi) is 31.2. The summed E-state index contributed by atoms with van der Waals surface area (Å²) >= 11 is 0. The summed E-state index contributed by atoms with van der Waals surface area (Å²) in [5.41, 5.74) is 0. The number of hydrogen-bond donors (Lipinski definition) is 10. The van der Waals surface area contributed by atoms with Crippen LogP contribution < -0.4 is 0 Å². The number of unbranched alkanes of at least 4 members (excludes halogenated alkanes) is 12. The number of rotatable bonds is 26. The largest absolute Gasteiger partial charge is 0.472 e. The molecule has 2 aliphatic rings. The lowest BCUT2D eigenvalue weighted by atomic mass is 9.83. The zero-order valence-electron chi connectivity index (χ0n) is 39.9. The van der Waals surface area contributed by atoms with E-state index in [0.29, 0.717) is 12.8 Å². The van der Waals surface area contributed by atoms with Crippen LogP contribution in [0.4, 0.5) is 0 Å². The van der Waals surface area contributed by atoms with Crippen LogP contribution in [0.5, 0.6) is 0 Å². The summed E-state index contributed by atoms with van der Waals surface area (Å²) in [6, 6.07) is 0. The second-order valence-electron chi connectivity index (χ2n) is 17.8. The molecule has 1 aliphatic heterocycles. The molecule has 0 aromatic carbocycles. The molecule has 0 aromatic rings. The van der Waals surface area contributed by atoms with Crippen LogP contribution in [0.3, 0.4) is 0 Å². The van der Waals surface area contributed by atoms with Crippen LogP contribution in [-0.2, 0) is 41.8 Å². The molecule has 0 amide bonds. The van der Waals surface area contributed by atoms with Crippen LogP contribution in [-0.4, -0.2) is 137 Å². The van der Waals surface area contributed by atoms with Crippen LogP contribution in [0.15, 0.2) is 48.6 Å². The zero-order chi connectivity index (χ0) is 50.5. The van der Waals surface area contributed by atoms with Gasteiger partial charge in [-0.25, -0.2) is 9.13 Å². The highest BCUT2D eigenvalue weighted by Crippen LogP contribution is 2.50. The first-order valence-electron chi connectivity index (χ1n) is 24.4. The lowest BCUT2D eigenvalue weighted by molar-refractivity contribution is -0.165. The number of phosphoric ester groups is 2. The number of carbonyl (C=O) groups excluding carboxylic acids is 2. The molecular weight excluding hydrogens is 930 g/mol. The van der Waals surface area contributed by atoms with Gasteiger partial charge in [-0.1, -0.05) is 127 Å². The van der Waals surface area contributed by atoms with E-state index in [-0.39, 0.29) is 19.3 Å². The highest BCUT2D eigenvalue weighted by atomic mass is 31.2. The zero-order valence-corrected chi connectivity index (χ0v) is 41.6. The summed E-state index contributed by atoms with van der Waals surface area (Å²) in [7, 11) is -11.4. The molecule has 1 heterocycles. The number of allylic oxidation sites excluding steroid dienone is 5. The number of hydrogen-bond acceptors (Lipinski definition) is 16. The van der Waals surface area contributed by atoms with Crippen molar-refractivity contribution in [2.45, 2.75) is 210 Å². The average Bonchev–Trinajstić information content (AvgIpc) is 3.28. The van der Waals surface area contributed by atoms with E-state index in [9.17, 15) is 69.1 Å². The standard InChI is InChI=1S/C47H82O19P2/c1-3-5-7-8-9-10-11-12-13-14-15-16-17-18-19-20-22-27-40(51)62-32-35-33-63-68(60,61)66-47-45(56)44(55)42(53)36(26-23-24-28-41(52)64-35)38(49)31-39(50)37(30-29-34(48)25-21-6-4-2)43(54)46(47)65-67(57,58)59/h9-10,12-13,23-24,29-30,34-39,42-50,53-56H,3-8,11,14-22,25-28,31-33H2,1-2H3,(H,60,61)(H2,57,58,59)/b10-9-,13-12-,24-23-,30-29-/t34-,35-,36-,37+,38+,39-,42-,43-,44+,45-,46-,47+/m1/s1. The molecule has 2 rings (SSSR count). The number of phosphoric acid groups is 2. The van der Waals surface area contributed by atoms with Gasteiger partial charge in [-0.2, -0.15) is 0 Å². The third-order valence-electron chi connectivity index (χ3n) is 12.0. The van der Waals surface area contributed by atoms with Crippen molar-refractivity contribution in [1.82, 2.24) is 0 Å². The Morgan fingerprint density at radius 1 is 0.824 bits per heavy atom. The van der Waals surface area contributed by atoms with Crippen molar-refractivity contribution in [2.75, 3.05) is 13.2 Å². The summed E-state index contributed by atoms with van der Waals surface area (Å²) < 4.78 is 51.8. The average molecular weight is 1010 g/mol. The van der Waals surface area contributed by atoms with Gasteiger partial charge >= 0.3 is 27.6 Å². The fourth-order valence-corrected chi connectivity index (χ4v) is 9.56. The SMILES string of the molecule is CCCCC/C=C\C/C=C\CCCCCCCCCC(=O)OC[C@@H]1COP(=O)(O)O[C@H]2[C@H](O)[C@@H](O)[C@H](O)[C@H](C/C=C\CC(=O)O1)[C@@H](O)C[C@@H](O)[C@H](/C=C\[C@H](O)CCCCC)[C@@H](O)[C@H]2OP(=O)(O)O. The van der Waals surface area contributed by atoms with Crippen molar-refractivity contribution in [2.24, 2.45) is 11.8 Å². The molecule has 1 saturated carbocycles. The van der Waals surface area contributed by atoms with Crippen molar-refractivity contribution < 1.29 is 92.2 Å². The van der Waals surface area contributed by atoms with Crippen LogP contribution in [0, 0.1) is 11.8 Å². The molecule has 10 N–H and O–H groups in total. The molecule has 1 aliphatic carbocycles. The molecule has 13 atom stereocenters. The van der Waals surface area contributed by atoms with Crippen molar-refractivity contribution >= 4 is 27.6 Å². The molecule has 0 saturated heterocycles. The third-order valence-corrected chi connectivity index (χ3v) is 13.5. The van der Waals surface area contributed by atoms with Gasteiger partial charge in [0.2, 0.25) is 0 Å². The first-order chi connectivity index (χ1) is 32.3. The number of cyclic esters (lactones) is 1.